The Morgan fingerprint density at radius 3 is 2.46 bits per heavy atom. The van der Waals surface area contributed by atoms with Crippen molar-refractivity contribution in [1.82, 2.24) is 15.0 Å². The van der Waals surface area contributed by atoms with Crippen LogP contribution in [-0.2, 0) is 9.53 Å². The Bertz CT molecular complexity index is 1470. The SMILES string of the molecule is CCOC(=O)CC(c1ccnc(OCC2CCN(c3cc(OC)ccc3C(=O)N(CC(C)(C)C)c3cnccn3)CC2)c1)C1CC1. The van der Waals surface area contributed by atoms with Crippen LogP contribution in [0.2, 0.25) is 0 Å². The molecule has 46 heavy (non-hydrogen) atoms. The zero-order chi connectivity index (χ0) is 32.7. The van der Waals surface area contributed by atoms with Gasteiger partial charge in [0.2, 0.25) is 5.88 Å². The van der Waals surface area contributed by atoms with Gasteiger partial charge in [0.1, 0.15) is 5.75 Å². The maximum Gasteiger partial charge on any atom is 0.306 e. The first kappa shape index (κ1) is 33.2. The maximum atomic E-state index is 14.2. The lowest BCUT2D eigenvalue weighted by Crippen LogP contribution is -2.41. The van der Waals surface area contributed by atoms with Crippen molar-refractivity contribution in [2.24, 2.45) is 17.3 Å². The number of pyridine rings is 1. The number of rotatable bonds is 13. The van der Waals surface area contributed by atoms with Gasteiger partial charge in [0, 0.05) is 50.4 Å². The second-order valence-corrected chi connectivity index (χ2v) is 13.5. The van der Waals surface area contributed by atoms with E-state index in [1.54, 1.807) is 36.8 Å². The van der Waals surface area contributed by atoms with Crippen LogP contribution < -0.4 is 19.3 Å². The smallest absolute Gasteiger partial charge is 0.306 e. The lowest BCUT2D eigenvalue weighted by molar-refractivity contribution is -0.143. The van der Waals surface area contributed by atoms with E-state index in [4.69, 9.17) is 14.2 Å². The number of hydrogen-bond donors (Lipinski definition) is 0. The van der Waals surface area contributed by atoms with Crippen LogP contribution in [0.25, 0.3) is 0 Å². The van der Waals surface area contributed by atoms with Crippen molar-refractivity contribution < 1.29 is 23.8 Å². The molecule has 2 aromatic heterocycles. The number of carbonyl (C=O) groups excluding carboxylic acids is 2. The quantitative estimate of drug-likeness (QED) is 0.201. The number of piperidine rings is 1. The van der Waals surface area contributed by atoms with Crippen molar-refractivity contribution >= 4 is 23.4 Å². The Morgan fingerprint density at radius 1 is 1.02 bits per heavy atom. The van der Waals surface area contributed by atoms with Crippen LogP contribution in [0.3, 0.4) is 0 Å². The number of methoxy groups -OCH3 is 1. The van der Waals surface area contributed by atoms with Gasteiger partial charge in [-0.05, 0) is 79.5 Å². The summed E-state index contributed by atoms with van der Waals surface area (Å²) in [4.78, 5) is 43.5. The van der Waals surface area contributed by atoms with Gasteiger partial charge in [0.25, 0.3) is 5.91 Å². The molecule has 1 amide bonds. The predicted molar refractivity (Wildman–Crippen MR) is 178 cm³/mol. The molecule has 0 spiro atoms. The predicted octanol–water partition coefficient (Wildman–Crippen LogP) is 6.32. The van der Waals surface area contributed by atoms with E-state index in [-0.39, 0.29) is 23.2 Å². The number of carbonyl (C=O) groups is 2. The number of ether oxygens (including phenoxy) is 3. The van der Waals surface area contributed by atoms with Gasteiger partial charge in [-0.2, -0.15) is 0 Å². The molecule has 0 radical (unpaired) electrons. The highest BCUT2D eigenvalue weighted by molar-refractivity contribution is 6.09. The molecule has 10 heteroatoms. The summed E-state index contributed by atoms with van der Waals surface area (Å²) in [6, 6.07) is 9.63. The maximum absolute atomic E-state index is 14.2. The molecule has 3 heterocycles. The average Bonchev–Trinajstić information content (AvgIpc) is 3.91. The van der Waals surface area contributed by atoms with Gasteiger partial charge in [-0.15, -0.1) is 0 Å². The van der Waals surface area contributed by atoms with Gasteiger partial charge in [0.05, 0.1) is 44.2 Å². The highest BCUT2D eigenvalue weighted by Gasteiger charge is 2.35. The summed E-state index contributed by atoms with van der Waals surface area (Å²) in [5.74, 6) is 2.57. The Labute approximate surface area is 272 Å². The minimum absolute atomic E-state index is 0.114. The highest BCUT2D eigenvalue weighted by atomic mass is 16.5. The van der Waals surface area contributed by atoms with Gasteiger partial charge < -0.3 is 19.1 Å². The summed E-state index contributed by atoms with van der Waals surface area (Å²) >= 11 is 0. The number of benzene rings is 1. The van der Waals surface area contributed by atoms with E-state index >= 15 is 0 Å². The first-order valence-corrected chi connectivity index (χ1v) is 16.4. The van der Waals surface area contributed by atoms with E-state index < -0.39 is 0 Å². The Kier molecular flexibility index (Phi) is 10.8. The number of aromatic nitrogens is 3. The molecule has 1 saturated heterocycles. The van der Waals surface area contributed by atoms with Crippen molar-refractivity contribution in [3.8, 4) is 11.6 Å². The lowest BCUT2D eigenvalue weighted by atomic mass is 9.92. The van der Waals surface area contributed by atoms with E-state index in [0.717, 1.165) is 50.0 Å². The van der Waals surface area contributed by atoms with E-state index in [0.29, 0.717) is 61.0 Å². The third-order valence-corrected chi connectivity index (χ3v) is 8.63. The Hall–Kier alpha value is -4.21. The van der Waals surface area contributed by atoms with E-state index in [2.05, 4.69) is 40.6 Å². The van der Waals surface area contributed by atoms with Crippen LogP contribution in [0.5, 0.6) is 11.6 Å². The topological polar surface area (TPSA) is 107 Å². The molecule has 1 unspecified atom stereocenters. The largest absolute Gasteiger partial charge is 0.497 e. The summed E-state index contributed by atoms with van der Waals surface area (Å²) < 4.78 is 17.0. The zero-order valence-corrected chi connectivity index (χ0v) is 27.8. The number of hydrogen-bond acceptors (Lipinski definition) is 9. The molecule has 246 valence electrons. The summed E-state index contributed by atoms with van der Waals surface area (Å²) in [6.07, 6.45) is 11.1. The molecular formula is C36H47N5O5. The molecule has 10 nitrogen and oxygen atoms in total. The van der Waals surface area contributed by atoms with Crippen molar-refractivity contribution in [2.75, 3.05) is 49.8 Å². The van der Waals surface area contributed by atoms with Crippen LogP contribution in [0.1, 0.15) is 81.6 Å². The van der Waals surface area contributed by atoms with E-state index in [1.807, 2.05) is 37.3 Å². The standard InChI is InChI=1S/C36H47N5O5/c1-6-45-34(42)21-30(26-7-8-26)27-11-14-39-33(19-27)46-23-25-12-17-40(18-13-25)31-20-28(44-5)9-10-29(31)35(43)41(24-36(2,3)4)32-22-37-15-16-38-32/h9-11,14-16,19-20,22,25-26,30H,6-8,12-13,17-18,21,23-24H2,1-5H3. The van der Waals surface area contributed by atoms with Crippen molar-refractivity contribution in [3.05, 3.63) is 66.2 Å². The number of nitrogens with zero attached hydrogens (tertiary/aromatic N) is 5. The molecule has 1 aliphatic heterocycles. The Balaban J connectivity index is 1.25. The van der Waals surface area contributed by atoms with Crippen LogP contribution in [0.15, 0.2) is 55.1 Å². The van der Waals surface area contributed by atoms with Crippen molar-refractivity contribution in [2.45, 2.75) is 65.7 Å². The normalized spacial score (nSPS) is 16.1. The summed E-state index contributed by atoms with van der Waals surface area (Å²) in [5, 5.41) is 0. The summed E-state index contributed by atoms with van der Waals surface area (Å²) in [7, 11) is 1.64. The summed E-state index contributed by atoms with van der Waals surface area (Å²) in [5.41, 5.74) is 2.41. The van der Waals surface area contributed by atoms with E-state index in [9.17, 15) is 9.59 Å². The van der Waals surface area contributed by atoms with Crippen molar-refractivity contribution in [1.29, 1.82) is 0 Å². The molecule has 3 aromatic rings. The highest BCUT2D eigenvalue weighted by Crippen LogP contribution is 2.45. The fourth-order valence-corrected chi connectivity index (χ4v) is 6.12. The first-order chi connectivity index (χ1) is 22.1. The fourth-order valence-electron chi connectivity index (χ4n) is 6.12. The molecule has 2 fully saturated rings. The van der Waals surface area contributed by atoms with Gasteiger partial charge >= 0.3 is 5.97 Å². The Morgan fingerprint density at radius 2 is 1.80 bits per heavy atom. The molecule has 0 N–H and O–H groups in total. The molecule has 1 saturated carbocycles. The first-order valence-electron chi connectivity index (χ1n) is 16.4. The molecular weight excluding hydrogens is 582 g/mol. The zero-order valence-electron chi connectivity index (χ0n) is 27.8. The van der Waals surface area contributed by atoms with Gasteiger partial charge in [0.15, 0.2) is 5.82 Å². The monoisotopic (exact) mass is 629 g/mol. The number of amides is 1. The second-order valence-electron chi connectivity index (χ2n) is 13.5. The van der Waals surface area contributed by atoms with Gasteiger partial charge in [-0.3, -0.25) is 19.5 Å². The lowest BCUT2D eigenvalue weighted by Gasteiger charge is -2.35. The number of anilines is 2. The molecule has 1 aromatic carbocycles. The van der Waals surface area contributed by atoms with Crippen LogP contribution >= 0.6 is 0 Å². The molecule has 1 atom stereocenters. The van der Waals surface area contributed by atoms with Crippen LogP contribution in [0, 0.1) is 17.3 Å². The minimum atomic E-state index is -0.151. The molecule has 2 aliphatic rings. The second kappa shape index (κ2) is 14.9. The van der Waals surface area contributed by atoms with E-state index in [1.165, 1.54) is 0 Å². The third-order valence-electron chi connectivity index (χ3n) is 8.63. The summed E-state index contributed by atoms with van der Waals surface area (Å²) in [6.45, 7) is 11.2. The van der Waals surface area contributed by atoms with Crippen LogP contribution in [0.4, 0.5) is 11.5 Å². The number of esters is 1. The van der Waals surface area contributed by atoms with Crippen molar-refractivity contribution in [3.63, 3.8) is 0 Å². The third kappa shape index (κ3) is 8.73. The molecule has 0 bridgehead atoms. The molecule has 5 rings (SSSR count). The van der Waals surface area contributed by atoms with Gasteiger partial charge in [-0.25, -0.2) is 9.97 Å². The van der Waals surface area contributed by atoms with Crippen LogP contribution in [-0.4, -0.2) is 66.8 Å². The molecule has 1 aliphatic carbocycles. The fraction of sp³-hybridized carbons (Fsp3) is 0.528. The minimum Gasteiger partial charge on any atom is -0.497 e. The average molecular weight is 630 g/mol. The van der Waals surface area contributed by atoms with Gasteiger partial charge in [-0.1, -0.05) is 20.8 Å².